The molecule has 138 valence electrons. The summed E-state index contributed by atoms with van der Waals surface area (Å²) >= 11 is 6.05. The molecule has 3 heterocycles. The van der Waals surface area contributed by atoms with Crippen molar-refractivity contribution in [3.63, 3.8) is 0 Å². The summed E-state index contributed by atoms with van der Waals surface area (Å²) in [6.07, 6.45) is 4.30. The maximum Gasteiger partial charge on any atom is 0.263 e. The Morgan fingerprint density at radius 2 is 1.96 bits per heavy atom. The number of halogens is 1. The fraction of sp³-hybridized carbons (Fsp3) is 0.318. The lowest BCUT2D eigenvalue weighted by molar-refractivity contribution is -0.139. The molecule has 5 rings (SSSR count). The van der Waals surface area contributed by atoms with Gasteiger partial charge in [-0.3, -0.25) is 4.79 Å². The summed E-state index contributed by atoms with van der Waals surface area (Å²) in [5.74, 6) is 1.37. The Labute approximate surface area is 163 Å². The van der Waals surface area contributed by atoms with Crippen LogP contribution >= 0.6 is 11.6 Å². The van der Waals surface area contributed by atoms with Gasteiger partial charge >= 0.3 is 0 Å². The van der Waals surface area contributed by atoms with Gasteiger partial charge in [0.25, 0.3) is 5.91 Å². The Hall–Kier alpha value is -2.46. The maximum absolute atomic E-state index is 12.9. The normalized spacial score (nSPS) is 19.9. The lowest BCUT2D eigenvalue weighted by Crippen LogP contribution is -2.45. The molecule has 0 aliphatic carbocycles. The molecule has 2 aromatic carbocycles. The second-order valence-corrected chi connectivity index (χ2v) is 7.89. The Bertz CT molecular complexity index is 1000. The van der Waals surface area contributed by atoms with Crippen molar-refractivity contribution in [2.45, 2.75) is 31.3 Å². The van der Waals surface area contributed by atoms with E-state index in [1.807, 2.05) is 17.0 Å². The Morgan fingerprint density at radius 1 is 1.15 bits per heavy atom. The van der Waals surface area contributed by atoms with Crippen LogP contribution < -0.4 is 4.74 Å². The van der Waals surface area contributed by atoms with E-state index in [0.717, 1.165) is 37.2 Å². The topological polar surface area (TPSA) is 45.3 Å². The second-order valence-electron chi connectivity index (χ2n) is 7.45. The highest BCUT2D eigenvalue weighted by Crippen LogP contribution is 2.35. The Morgan fingerprint density at radius 3 is 2.81 bits per heavy atom. The first kappa shape index (κ1) is 16.7. The van der Waals surface area contributed by atoms with Crippen molar-refractivity contribution in [3.05, 3.63) is 64.8 Å². The number of aromatic amines is 1. The molecule has 1 N–H and O–H groups in total. The number of aromatic nitrogens is 1. The van der Waals surface area contributed by atoms with E-state index in [1.165, 1.54) is 16.5 Å². The summed E-state index contributed by atoms with van der Waals surface area (Å²) < 4.78 is 5.88. The first-order chi connectivity index (χ1) is 13.2. The average molecular weight is 381 g/mol. The van der Waals surface area contributed by atoms with Crippen LogP contribution in [0.15, 0.2) is 48.7 Å². The predicted molar refractivity (Wildman–Crippen MR) is 106 cm³/mol. The lowest BCUT2D eigenvalue weighted by atomic mass is 9.89. The molecule has 1 aromatic heterocycles. The maximum atomic E-state index is 12.9. The van der Waals surface area contributed by atoms with Crippen LogP contribution in [0.4, 0.5) is 0 Å². The van der Waals surface area contributed by atoms with Gasteiger partial charge in [-0.25, -0.2) is 0 Å². The number of piperidine rings is 1. The minimum Gasteiger partial charge on any atom is -0.480 e. The number of rotatable bonds is 2. The highest BCUT2D eigenvalue weighted by Gasteiger charge is 2.34. The minimum atomic E-state index is -0.414. The van der Waals surface area contributed by atoms with Gasteiger partial charge in [-0.05, 0) is 54.2 Å². The summed E-state index contributed by atoms with van der Waals surface area (Å²) in [5.41, 5.74) is 3.58. The second kappa shape index (κ2) is 6.61. The fourth-order valence-corrected chi connectivity index (χ4v) is 4.60. The zero-order valence-electron chi connectivity index (χ0n) is 15.0. The molecule has 1 saturated heterocycles. The first-order valence-corrected chi connectivity index (χ1v) is 9.87. The van der Waals surface area contributed by atoms with E-state index in [9.17, 15) is 4.79 Å². The molecular formula is C22H21ClN2O2. The molecule has 1 atom stereocenters. The molecule has 1 unspecified atom stereocenters. The fourth-order valence-electron chi connectivity index (χ4n) is 4.40. The van der Waals surface area contributed by atoms with Gasteiger partial charge in [0, 0.05) is 41.6 Å². The van der Waals surface area contributed by atoms with E-state index < -0.39 is 6.10 Å². The number of hydrogen-bond acceptors (Lipinski definition) is 2. The van der Waals surface area contributed by atoms with E-state index >= 15 is 0 Å². The third-order valence-corrected chi connectivity index (χ3v) is 6.08. The highest BCUT2D eigenvalue weighted by molar-refractivity contribution is 6.30. The van der Waals surface area contributed by atoms with Crippen LogP contribution in [0.1, 0.15) is 29.9 Å². The summed E-state index contributed by atoms with van der Waals surface area (Å²) in [6.45, 7) is 1.56. The zero-order valence-corrected chi connectivity index (χ0v) is 15.7. The van der Waals surface area contributed by atoms with Crippen molar-refractivity contribution in [1.29, 1.82) is 0 Å². The number of hydrogen-bond donors (Lipinski definition) is 1. The molecule has 0 spiro atoms. The van der Waals surface area contributed by atoms with Gasteiger partial charge in [-0.15, -0.1) is 0 Å². The Balaban J connectivity index is 1.25. The van der Waals surface area contributed by atoms with Gasteiger partial charge in [0.1, 0.15) is 5.75 Å². The number of amides is 1. The van der Waals surface area contributed by atoms with Gasteiger partial charge in [0.2, 0.25) is 0 Å². The molecule has 1 fully saturated rings. The van der Waals surface area contributed by atoms with Crippen molar-refractivity contribution >= 4 is 28.4 Å². The van der Waals surface area contributed by atoms with E-state index in [4.69, 9.17) is 16.3 Å². The van der Waals surface area contributed by atoms with Crippen LogP contribution in [0.25, 0.3) is 10.9 Å². The number of nitrogens with zero attached hydrogens (tertiary/aromatic N) is 1. The number of para-hydroxylation sites is 1. The standard InChI is InChI=1S/C22H21ClN2O2/c23-16-5-6-20-15(11-16)12-21(27-20)22(26)25-9-7-14(8-10-25)18-13-24-19-4-2-1-3-17(18)19/h1-6,11,13-14,21,24H,7-10,12H2. The Kier molecular flexibility index (Phi) is 4.09. The van der Waals surface area contributed by atoms with Gasteiger partial charge in [-0.2, -0.15) is 0 Å². The van der Waals surface area contributed by atoms with Crippen molar-refractivity contribution < 1.29 is 9.53 Å². The highest BCUT2D eigenvalue weighted by atomic mass is 35.5. The molecule has 2 aliphatic heterocycles. The number of fused-ring (bicyclic) bond motifs is 2. The van der Waals surface area contributed by atoms with Crippen LogP contribution in [0, 0.1) is 0 Å². The van der Waals surface area contributed by atoms with Gasteiger partial charge in [0.05, 0.1) is 0 Å². The number of carbonyl (C=O) groups is 1. The summed E-state index contributed by atoms with van der Waals surface area (Å²) in [6, 6.07) is 14.0. The van der Waals surface area contributed by atoms with Crippen molar-refractivity contribution in [3.8, 4) is 5.75 Å². The van der Waals surface area contributed by atoms with E-state index in [1.54, 1.807) is 6.07 Å². The molecular weight excluding hydrogens is 360 g/mol. The van der Waals surface area contributed by atoms with Gasteiger partial charge < -0.3 is 14.6 Å². The zero-order chi connectivity index (χ0) is 18.4. The van der Waals surface area contributed by atoms with Crippen LogP contribution in [-0.2, 0) is 11.2 Å². The SMILES string of the molecule is O=C(C1Cc2cc(Cl)ccc2O1)N1CCC(c2c[nH]c3ccccc23)CC1. The number of ether oxygens (including phenoxy) is 1. The van der Waals surface area contributed by atoms with Crippen LogP contribution in [-0.4, -0.2) is 35.0 Å². The monoisotopic (exact) mass is 380 g/mol. The lowest BCUT2D eigenvalue weighted by Gasteiger charge is -2.33. The molecule has 4 nitrogen and oxygen atoms in total. The van der Waals surface area contributed by atoms with E-state index in [0.29, 0.717) is 17.4 Å². The number of benzene rings is 2. The molecule has 1 amide bonds. The van der Waals surface area contributed by atoms with Crippen molar-refractivity contribution in [2.75, 3.05) is 13.1 Å². The van der Waals surface area contributed by atoms with E-state index in [2.05, 4.69) is 35.4 Å². The predicted octanol–water partition coefficient (Wildman–Crippen LogP) is 4.53. The van der Waals surface area contributed by atoms with Crippen LogP contribution in [0.3, 0.4) is 0 Å². The third-order valence-electron chi connectivity index (χ3n) is 5.84. The smallest absolute Gasteiger partial charge is 0.263 e. The van der Waals surface area contributed by atoms with Gasteiger partial charge in [-0.1, -0.05) is 29.8 Å². The molecule has 0 bridgehead atoms. The van der Waals surface area contributed by atoms with Gasteiger partial charge in [0.15, 0.2) is 6.10 Å². The summed E-state index contributed by atoms with van der Waals surface area (Å²) in [7, 11) is 0. The average Bonchev–Trinajstić information content (AvgIpc) is 3.31. The number of nitrogens with one attached hydrogen (secondary N) is 1. The van der Waals surface area contributed by atoms with E-state index in [-0.39, 0.29) is 5.91 Å². The molecule has 3 aromatic rings. The van der Waals surface area contributed by atoms with Crippen LogP contribution in [0.2, 0.25) is 5.02 Å². The van der Waals surface area contributed by atoms with Crippen molar-refractivity contribution in [2.24, 2.45) is 0 Å². The number of carbonyl (C=O) groups excluding carboxylic acids is 1. The third kappa shape index (κ3) is 2.98. The molecule has 2 aliphatic rings. The van der Waals surface area contributed by atoms with Crippen LogP contribution in [0.5, 0.6) is 5.75 Å². The molecule has 0 radical (unpaired) electrons. The minimum absolute atomic E-state index is 0.0969. The molecule has 27 heavy (non-hydrogen) atoms. The van der Waals surface area contributed by atoms with Crippen molar-refractivity contribution in [1.82, 2.24) is 9.88 Å². The quantitative estimate of drug-likeness (QED) is 0.709. The number of likely N-dealkylation sites (tertiary alicyclic amines) is 1. The number of H-pyrrole nitrogens is 1. The summed E-state index contributed by atoms with van der Waals surface area (Å²) in [4.78, 5) is 18.3. The molecule has 5 heteroatoms. The largest absolute Gasteiger partial charge is 0.480 e. The summed E-state index contributed by atoms with van der Waals surface area (Å²) in [5, 5.41) is 1.98. The first-order valence-electron chi connectivity index (χ1n) is 9.49. The molecule has 0 saturated carbocycles.